The van der Waals surface area contributed by atoms with Crippen LogP contribution in [0.25, 0.3) is 11.6 Å². The molecule has 3 heterocycles. The minimum atomic E-state index is 0.107. The van der Waals surface area contributed by atoms with E-state index in [0.717, 1.165) is 25.5 Å². The summed E-state index contributed by atoms with van der Waals surface area (Å²) in [4.78, 5) is 9.11. The molecule has 3 unspecified atom stereocenters. The number of ether oxygens (including phenoxy) is 1. The van der Waals surface area contributed by atoms with Gasteiger partial charge < -0.3 is 19.8 Å². The van der Waals surface area contributed by atoms with Crippen molar-refractivity contribution in [3.8, 4) is 11.6 Å². The van der Waals surface area contributed by atoms with Gasteiger partial charge in [0.25, 0.3) is 0 Å². The van der Waals surface area contributed by atoms with Gasteiger partial charge >= 0.3 is 0 Å². The minimum Gasteiger partial charge on any atom is -0.461 e. The maximum absolute atomic E-state index is 5.87. The van der Waals surface area contributed by atoms with Crippen LogP contribution in [-0.4, -0.2) is 46.4 Å². The van der Waals surface area contributed by atoms with Crippen LogP contribution in [0, 0.1) is 11.3 Å². The maximum Gasteiger partial charge on any atom is 0.216 e. The molecular formula is C18H26N6O2. The van der Waals surface area contributed by atoms with Crippen molar-refractivity contribution in [1.82, 2.24) is 25.8 Å². The molecule has 8 heteroatoms. The number of nitrogens with zero attached hydrogens (tertiary/aromatic N) is 3. The molecule has 1 saturated carbocycles. The molecule has 4 rings (SSSR count). The third kappa shape index (κ3) is 2.98. The van der Waals surface area contributed by atoms with Crippen molar-refractivity contribution in [2.75, 3.05) is 13.2 Å². The summed E-state index contributed by atoms with van der Waals surface area (Å²) >= 11 is 0. The first kappa shape index (κ1) is 17.1. The van der Waals surface area contributed by atoms with Gasteiger partial charge in [0.1, 0.15) is 12.4 Å². The second-order valence-electron chi connectivity index (χ2n) is 7.47. The molecule has 26 heavy (non-hydrogen) atoms. The highest BCUT2D eigenvalue weighted by atomic mass is 16.5. The highest BCUT2D eigenvalue weighted by Crippen LogP contribution is 2.52. The van der Waals surface area contributed by atoms with Gasteiger partial charge in [0.2, 0.25) is 5.82 Å². The number of hydrogen-bond donors (Lipinski definition) is 3. The molecule has 2 aromatic heterocycles. The predicted octanol–water partition coefficient (Wildman–Crippen LogP) is 1.93. The lowest BCUT2D eigenvalue weighted by Gasteiger charge is -2.54. The Bertz CT molecular complexity index is 767. The summed E-state index contributed by atoms with van der Waals surface area (Å²) in [5.41, 5.74) is 0.107. The third-order valence-electron chi connectivity index (χ3n) is 5.40. The van der Waals surface area contributed by atoms with Crippen molar-refractivity contribution in [3.63, 3.8) is 0 Å². The summed E-state index contributed by atoms with van der Waals surface area (Å²) in [6, 6.07) is 4.01. The largest absolute Gasteiger partial charge is 0.461 e. The molecule has 8 nitrogen and oxygen atoms in total. The molecule has 0 radical (unpaired) electrons. The Hall–Kier alpha value is -2.35. The van der Waals surface area contributed by atoms with E-state index in [9.17, 15) is 0 Å². The van der Waals surface area contributed by atoms with E-state index in [1.165, 1.54) is 0 Å². The molecule has 1 saturated heterocycles. The Morgan fingerprint density at radius 3 is 3.12 bits per heavy atom. The Morgan fingerprint density at radius 2 is 2.35 bits per heavy atom. The summed E-state index contributed by atoms with van der Waals surface area (Å²) < 4.78 is 11.2. The molecule has 3 atom stereocenters. The van der Waals surface area contributed by atoms with E-state index >= 15 is 0 Å². The van der Waals surface area contributed by atoms with Gasteiger partial charge in [-0.25, -0.2) is 9.98 Å². The molecule has 2 aromatic rings. The molecule has 0 amide bonds. The summed E-state index contributed by atoms with van der Waals surface area (Å²) in [5, 5.41) is 14.0. The second-order valence-corrected chi connectivity index (χ2v) is 7.47. The topological polar surface area (TPSA) is 100 Å². The molecule has 3 N–H and O–H groups in total. The lowest BCUT2D eigenvalue weighted by Crippen LogP contribution is -2.67. The lowest BCUT2D eigenvalue weighted by molar-refractivity contribution is -0.106. The summed E-state index contributed by atoms with van der Waals surface area (Å²) in [5.74, 6) is 3.24. The van der Waals surface area contributed by atoms with Crippen LogP contribution in [0.15, 0.2) is 27.8 Å². The van der Waals surface area contributed by atoms with Crippen molar-refractivity contribution in [3.05, 3.63) is 24.2 Å². The van der Waals surface area contributed by atoms with Gasteiger partial charge in [-0.3, -0.25) is 5.10 Å². The van der Waals surface area contributed by atoms with Gasteiger partial charge in [-0.2, -0.15) is 0 Å². The molecule has 140 valence electrons. The molecule has 2 aliphatic rings. The van der Waals surface area contributed by atoms with Crippen LogP contribution in [0.4, 0.5) is 0 Å². The number of rotatable bonds is 5. The summed E-state index contributed by atoms with van der Waals surface area (Å²) in [7, 11) is 0. The number of H-pyrrole nitrogens is 1. The number of furan rings is 1. The Labute approximate surface area is 152 Å². The highest BCUT2D eigenvalue weighted by Gasteiger charge is 2.59. The van der Waals surface area contributed by atoms with E-state index in [4.69, 9.17) is 9.15 Å². The lowest BCUT2D eigenvalue weighted by atomic mass is 9.57. The number of fused-ring (bicyclic) bond motifs is 1. The van der Waals surface area contributed by atoms with Gasteiger partial charge in [-0.1, -0.05) is 13.8 Å². The molecular weight excluding hydrogens is 332 g/mol. The summed E-state index contributed by atoms with van der Waals surface area (Å²) in [6.07, 6.45) is 3.07. The summed E-state index contributed by atoms with van der Waals surface area (Å²) in [6.45, 7) is 8.66. The van der Waals surface area contributed by atoms with Gasteiger partial charge in [-0.15, -0.1) is 5.10 Å². The van der Waals surface area contributed by atoms with Crippen LogP contribution in [0.3, 0.4) is 0 Å². The normalized spacial score (nSPS) is 27.0. The second kappa shape index (κ2) is 6.75. The van der Waals surface area contributed by atoms with Crippen molar-refractivity contribution >= 4 is 5.96 Å². The fraction of sp³-hybridized carbons (Fsp3) is 0.611. The monoisotopic (exact) mass is 358 g/mol. The zero-order valence-electron chi connectivity index (χ0n) is 15.5. The van der Waals surface area contributed by atoms with E-state index in [1.807, 2.05) is 12.1 Å². The Balaban J connectivity index is 1.43. The molecule has 2 fully saturated rings. The number of aromatic amines is 1. The van der Waals surface area contributed by atoms with E-state index < -0.39 is 0 Å². The van der Waals surface area contributed by atoms with E-state index in [0.29, 0.717) is 42.0 Å². The smallest absolute Gasteiger partial charge is 0.216 e. The molecule has 0 bridgehead atoms. The van der Waals surface area contributed by atoms with Crippen LogP contribution in [0.5, 0.6) is 0 Å². The van der Waals surface area contributed by atoms with Crippen LogP contribution < -0.4 is 10.6 Å². The van der Waals surface area contributed by atoms with Crippen molar-refractivity contribution in [2.45, 2.75) is 45.9 Å². The first-order valence-electron chi connectivity index (χ1n) is 9.21. The highest BCUT2D eigenvalue weighted by molar-refractivity contribution is 5.80. The van der Waals surface area contributed by atoms with Crippen LogP contribution in [-0.2, 0) is 11.3 Å². The van der Waals surface area contributed by atoms with Gasteiger partial charge in [-0.05, 0) is 25.5 Å². The molecule has 0 spiro atoms. The van der Waals surface area contributed by atoms with Gasteiger partial charge in [0.05, 0.1) is 12.4 Å². The van der Waals surface area contributed by atoms with Crippen LogP contribution in [0.1, 0.15) is 33.0 Å². The number of guanidine groups is 1. The zero-order valence-corrected chi connectivity index (χ0v) is 15.5. The quantitative estimate of drug-likeness (QED) is 0.558. The zero-order chi connectivity index (χ0) is 18.1. The average molecular weight is 358 g/mol. The number of aliphatic imine (C=N–C) groups is 1. The first-order chi connectivity index (χ1) is 12.6. The van der Waals surface area contributed by atoms with E-state index in [-0.39, 0.29) is 5.41 Å². The maximum atomic E-state index is 5.87. The number of aromatic nitrogens is 3. The Kier molecular flexibility index (Phi) is 4.44. The van der Waals surface area contributed by atoms with Gasteiger partial charge in [0.15, 0.2) is 11.7 Å². The minimum absolute atomic E-state index is 0.107. The molecule has 1 aliphatic carbocycles. The van der Waals surface area contributed by atoms with Crippen molar-refractivity contribution in [1.29, 1.82) is 0 Å². The number of nitrogens with one attached hydrogen (secondary N) is 3. The fourth-order valence-corrected chi connectivity index (χ4v) is 4.12. The van der Waals surface area contributed by atoms with E-state index in [2.05, 4.69) is 51.6 Å². The van der Waals surface area contributed by atoms with Gasteiger partial charge in [0, 0.05) is 30.5 Å². The third-order valence-corrected chi connectivity index (χ3v) is 5.40. The molecule has 0 aromatic carbocycles. The first-order valence-corrected chi connectivity index (χ1v) is 9.21. The van der Waals surface area contributed by atoms with Crippen LogP contribution in [0.2, 0.25) is 0 Å². The SMILES string of the molecule is CCNC(=NCc1nc(-c2ccco2)n[nH]1)NC1C2CCOC2C1(C)C. The fourth-order valence-electron chi connectivity index (χ4n) is 4.12. The average Bonchev–Trinajstić information content (AvgIpc) is 3.37. The van der Waals surface area contributed by atoms with Crippen molar-refractivity contribution < 1.29 is 9.15 Å². The van der Waals surface area contributed by atoms with Crippen molar-refractivity contribution in [2.24, 2.45) is 16.3 Å². The van der Waals surface area contributed by atoms with E-state index in [1.54, 1.807) is 6.26 Å². The predicted molar refractivity (Wildman–Crippen MR) is 97.5 cm³/mol. The van der Waals surface area contributed by atoms with Crippen LogP contribution >= 0.6 is 0 Å². The number of hydrogen-bond acceptors (Lipinski definition) is 5. The Morgan fingerprint density at radius 1 is 1.46 bits per heavy atom. The standard InChI is InChI=1S/C18H26N6O2/c1-4-19-17(22-14-11-7-9-26-15(11)18(14,2)3)20-10-13-21-16(24-23-13)12-6-5-8-25-12/h5-6,8,11,14-15H,4,7,9-10H2,1-3H3,(H2,19,20,22)(H,21,23,24). The molecule has 1 aliphatic heterocycles.